The Morgan fingerprint density at radius 3 is 2.07 bits per heavy atom. The van der Waals surface area contributed by atoms with Crippen LogP contribution in [0.5, 0.6) is 0 Å². The smallest absolute Gasteiger partial charge is 0.377 e. The maximum absolute atomic E-state index is 5.89. The number of nitrogens with two attached hydrogens (primary N) is 1. The van der Waals surface area contributed by atoms with E-state index in [1.165, 1.54) is 0 Å². The molecule has 2 N–H and O–H groups in total. The van der Waals surface area contributed by atoms with Crippen molar-refractivity contribution in [2.75, 3.05) is 41.0 Å². The average molecular weight is 257 g/mol. The Morgan fingerprint density at radius 1 is 1.13 bits per heavy atom. The van der Waals surface area contributed by atoms with Gasteiger partial charge in [0.1, 0.15) is 0 Å². The molecule has 0 aliphatic carbocycles. The van der Waals surface area contributed by atoms with Gasteiger partial charge in [0.2, 0.25) is 0 Å². The molecule has 0 atom stereocenters. The minimum absolute atomic E-state index is 0.560. The van der Waals surface area contributed by atoms with E-state index in [0.29, 0.717) is 13.1 Å². The molecule has 0 aromatic heterocycles. The minimum atomic E-state index is -2.42. The first-order chi connectivity index (χ1) is 7.14. The molecule has 0 unspecified atom stereocenters. The molecular formula is C8H21ClN2O3Si. The zero-order chi connectivity index (χ0) is 11.7. The van der Waals surface area contributed by atoms with Crippen LogP contribution < -0.4 is 5.73 Å². The van der Waals surface area contributed by atoms with Crippen LogP contribution in [0.25, 0.3) is 0 Å². The Bertz CT molecular complexity index is 153. The lowest BCUT2D eigenvalue weighted by Crippen LogP contribution is -2.43. The molecule has 0 amide bonds. The highest BCUT2D eigenvalue weighted by molar-refractivity contribution is 6.60. The third-order valence-corrected chi connectivity index (χ3v) is 5.36. The van der Waals surface area contributed by atoms with E-state index in [2.05, 4.69) is 0 Å². The lowest BCUT2D eigenvalue weighted by molar-refractivity contribution is 0.122. The van der Waals surface area contributed by atoms with E-state index in [1.54, 1.807) is 25.7 Å². The van der Waals surface area contributed by atoms with Gasteiger partial charge < -0.3 is 19.0 Å². The second-order valence-corrected chi connectivity index (χ2v) is 6.67. The molecule has 0 rings (SSSR count). The summed E-state index contributed by atoms with van der Waals surface area (Å²) in [5, 5.41) is 0. The van der Waals surface area contributed by atoms with E-state index in [9.17, 15) is 0 Å². The van der Waals surface area contributed by atoms with E-state index in [0.717, 1.165) is 19.0 Å². The van der Waals surface area contributed by atoms with Gasteiger partial charge in [-0.05, 0) is 18.2 Å². The van der Waals surface area contributed by atoms with E-state index >= 15 is 0 Å². The van der Waals surface area contributed by atoms with Gasteiger partial charge in [0.25, 0.3) is 0 Å². The lowest BCUT2D eigenvalue weighted by Gasteiger charge is -2.24. The molecule has 0 radical (unpaired) electrons. The van der Waals surface area contributed by atoms with E-state index in [1.807, 2.05) is 0 Å². The number of nitrogens with zero attached hydrogens (tertiary/aromatic N) is 1. The number of rotatable bonds is 9. The monoisotopic (exact) mass is 256 g/mol. The minimum Gasteiger partial charge on any atom is -0.377 e. The molecule has 0 heterocycles. The first kappa shape index (κ1) is 15.3. The molecule has 0 aromatic carbocycles. The van der Waals surface area contributed by atoms with Gasteiger partial charge in [-0.25, -0.2) is 4.42 Å². The van der Waals surface area contributed by atoms with Crippen molar-refractivity contribution in [2.45, 2.75) is 12.5 Å². The quantitative estimate of drug-likeness (QED) is 0.485. The molecule has 0 saturated heterocycles. The van der Waals surface area contributed by atoms with Crippen LogP contribution in [0.3, 0.4) is 0 Å². The van der Waals surface area contributed by atoms with Crippen molar-refractivity contribution in [3.05, 3.63) is 0 Å². The summed E-state index contributed by atoms with van der Waals surface area (Å²) in [6.45, 7) is 2.00. The Morgan fingerprint density at radius 2 is 1.67 bits per heavy atom. The summed E-state index contributed by atoms with van der Waals surface area (Å²) in [7, 11) is 2.40. The molecule has 5 nitrogen and oxygen atoms in total. The van der Waals surface area contributed by atoms with E-state index in [-0.39, 0.29) is 0 Å². The standard InChI is InChI=1S/C8H21ClN2O3Si/c1-12-15(13-2,14-3)8-4-6-11(9)7-5-10/h4-8,10H2,1-3H3. The summed E-state index contributed by atoms with van der Waals surface area (Å²) in [6, 6.07) is 0.754. The highest BCUT2D eigenvalue weighted by Crippen LogP contribution is 2.15. The van der Waals surface area contributed by atoms with Crippen LogP contribution in [0.2, 0.25) is 6.04 Å². The first-order valence-electron chi connectivity index (χ1n) is 4.90. The van der Waals surface area contributed by atoms with Crippen molar-refractivity contribution in [3.63, 3.8) is 0 Å². The molecule has 92 valence electrons. The number of hydrogen-bond donors (Lipinski definition) is 1. The molecule has 0 aliphatic heterocycles. The topological polar surface area (TPSA) is 57.0 Å². The molecule has 15 heavy (non-hydrogen) atoms. The fourth-order valence-electron chi connectivity index (χ4n) is 1.28. The SMILES string of the molecule is CO[Si](CCCN(Cl)CCN)(OC)OC. The third-order valence-electron chi connectivity index (χ3n) is 2.19. The van der Waals surface area contributed by atoms with Crippen molar-refractivity contribution in [1.29, 1.82) is 0 Å². The zero-order valence-electron chi connectivity index (χ0n) is 9.66. The van der Waals surface area contributed by atoms with Gasteiger partial charge in [0.15, 0.2) is 0 Å². The fraction of sp³-hybridized carbons (Fsp3) is 1.00. The summed E-state index contributed by atoms with van der Waals surface area (Å²) >= 11 is 5.89. The maximum Gasteiger partial charge on any atom is 0.500 e. The molecule has 0 bridgehead atoms. The van der Waals surface area contributed by atoms with E-state index < -0.39 is 8.80 Å². The maximum atomic E-state index is 5.89. The summed E-state index contributed by atoms with van der Waals surface area (Å²) in [6.07, 6.45) is 0.866. The van der Waals surface area contributed by atoms with Gasteiger partial charge in [0, 0.05) is 47.0 Å². The summed E-state index contributed by atoms with van der Waals surface area (Å²) in [5.41, 5.74) is 5.37. The van der Waals surface area contributed by atoms with Crippen LogP contribution in [-0.4, -0.2) is 54.2 Å². The van der Waals surface area contributed by atoms with Gasteiger partial charge in [-0.3, -0.25) is 0 Å². The third kappa shape index (κ3) is 5.81. The van der Waals surface area contributed by atoms with Gasteiger partial charge in [-0.15, -0.1) is 0 Å². The molecule has 0 saturated carbocycles. The highest BCUT2D eigenvalue weighted by Gasteiger charge is 2.36. The Hall–Kier alpha value is 0.307. The second-order valence-electron chi connectivity index (χ2n) is 3.10. The molecule has 0 aromatic rings. The van der Waals surface area contributed by atoms with E-state index in [4.69, 9.17) is 30.8 Å². The van der Waals surface area contributed by atoms with Gasteiger partial charge in [-0.2, -0.15) is 0 Å². The Balaban J connectivity index is 3.80. The molecule has 0 fully saturated rings. The van der Waals surface area contributed by atoms with Crippen molar-refractivity contribution in [2.24, 2.45) is 5.73 Å². The summed E-state index contributed by atoms with van der Waals surface area (Å²) in [5.74, 6) is 0. The van der Waals surface area contributed by atoms with Crippen molar-refractivity contribution in [1.82, 2.24) is 4.42 Å². The van der Waals surface area contributed by atoms with Crippen LogP contribution in [0.15, 0.2) is 0 Å². The molecular weight excluding hydrogens is 236 g/mol. The number of halogens is 1. The highest BCUT2D eigenvalue weighted by atomic mass is 35.5. The van der Waals surface area contributed by atoms with Crippen LogP contribution >= 0.6 is 11.8 Å². The molecule has 0 aliphatic rings. The lowest BCUT2D eigenvalue weighted by atomic mass is 10.4. The van der Waals surface area contributed by atoms with Crippen LogP contribution in [0, 0.1) is 0 Å². The summed E-state index contributed by atoms with van der Waals surface area (Å²) in [4.78, 5) is 0. The predicted molar refractivity (Wildman–Crippen MR) is 62.7 cm³/mol. The first-order valence-corrected chi connectivity index (χ1v) is 7.17. The zero-order valence-corrected chi connectivity index (χ0v) is 11.4. The van der Waals surface area contributed by atoms with Crippen molar-refractivity contribution in [3.8, 4) is 0 Å². The Kier molecular flexibility index (Phi) is 8.63. The van der Waals surface area contributed by atoms with Gasteiger partial charge in [0.05, 0.1) is 0 Å². The average Bonchev–Trinajstić information content (AvgIpc) is 2.25. The Labute approximate surface area is 97.9 Å². The number of hydrogen-bond acceptors (Lipinski definition) is 5. The second kappa shape index (κ2) is 8.46. The predicted octanol–water partition coefficient (Wildman–Crippen LogP) is 0.669. The van der Waals surface area contributed by atoms with Crippen molar-refractivity contribution >= 4 is 20.6 Å². The van der Waals surface area contributed by atoms with Crippen LogP contribution in [0.1, 0.15) is 6.42 Å². The van der Waals surface area contributed by atoms with Crippen LogP contribution in [0.4, 0.5) is 0 Å². The van der Waals surface area contributed by atoms with Crippen LogP contribution in [-0.2, 0) is 13.3 Å². The normalized spacial score (nSPS) is 12.4. The van der Waals surface area contributed by atoms with Gasteiger partial charge in [-0.1, -0.05) is 0 Å². The van der Waals surface area contributed by atoms with Crippen molar-refractivity contribution < 1.29 is 13.3 Å². The molecule has 0 spiro atoms. The summed E-state index contributed by atoms with van der Waals surface area (Å²) < 4.78 is 17.5. The fourth-order valence-corrected chi connectivity index (χ4v) is 3.20. The van der Waals surface area contributed by atoms with Gasteiger partial charge >= 0.3 is 8.80 Å². The molecule has 7 heteroatoms. The largest absolute Gasteiger partial charge is 0.500 e.